The number of anilines is 1. The van der Waals surface area contributed by atoms with Crippen LogP contribution in [-0.2, 0) is 0 Å². The first-order valence-corrected chi connectivity index (χ1v) is 7.98. The zero-order chi connectivity index (χ0) is 16.7. The SMILES string of the molecule is CC1(C)CC(N2N=C(C#N)N(c3ccccc3)N2)CC(C)(C)N1. The van der Waals surface area contributed by atoms with Gasteiger partial charge in [-0.15, -0.1) is 10.6 Å². The largest absolute Gasteiger partial charge is 0.307 e. The Balaban J connectivity index is 1.83. The Bertz CT molecular complexity index is 627. The molecule has 0 aliphatic carbocycles. The number of hydrogen-bond acceptors (Lipinski definition) is 6. The van der Waals surface area contributed by atoms with Gasteiger partial charge < -0.3 is 5.32 Å². The molecule has 6 nitrogen and oxygen atoms in total. The van der Waals surface area contributed by atoms with Crippen LogP contribution in [0.3, 0.4) is 0 Å². The van der Waals surface area contributed by atoms with E-state index in [1.807, 2.05) is 35.4 Å². The Labute approximate surface area is 137 Å². The van der Waals surface area contributed by atoms with Gasteiger partial charge in [0.2, 0.25) is 5.84 Å². The number of para-hydroxylation sites is 1. The van der Waals surface area contributed by atoms with E-state index in [0.29, 0.717) is 5.84 Å². The van der Waals surface area contributed by atoms with Crippen LogP contribution in [0.4, 0.5) is 5.69 Å². The average molecular weight is 312 g/mol. The summed E-state index contributed by atoms with van der Waals surface area (Å²) in [7, 11) is 0. The van der Waals surface area contributed by atoms with Crippen molar-refractivity contribution < 1.29 is 0 Å². The van der Waals surface area contributed by atoms with Gasteiger partial charge in [-0.3, -0.25) is 0 Å². The zero-order valence-corrected chi connectivity index (χ0v) is 14.2. The molecule has 1 fully saturated rings. The van der Waals surface area contributed by atoms with Gasteiger partial charge in [0.1, 0.15) is 6.07 Å². The van der Waals surface area contributed by atoms with Crippen molar-refractivity contribution in [2.75, 3.05) is 5.01 Å². The molecule has 2 aliphatic heterocycles. The normalized spacial score (nSPS) is 23.5. The molecule has 0 spiro atoms. The fourth-order valence-electron chi connectivity index (χ4n) is 3.75. The summed E-state index contributed by atoms with van der Waals surface area (Å²) in [5.74, 6) is 0.366. The maximum atomic E-state index is 9.42. The molecular weight excluding hydrogens is 288 g/mol. The fraction of sp³-hybridized carbons (Fsp3) is 0.529. The predicted molar refractivity (Wildman–Crippen MR) is 91.3 cm³/mol. The van der Waals surface area contributed by atoms with Crippen LogP contribution in [-0.4, -0.2) is 28.1 Å². The molecule has 0 atom stereocenters. The highest BCUT2D eigenvalue weighted by molar-refractivity contribution is 6.08. The van der Waals surface area contributed by atoms with Gasteiger partial charge in [0, 0.05) is 11.1 Å². The quantitative estimate of drug-likeness (QED) is 0.877. The lowest BCUT2D eigenvalue weighted by Gasteiger charge is -2.48. The molecule has 1 aromatic rings. The lowest BCUT2D eigenvalue weighted by molar-refractivity contribution is 0.0440. The van der Waals surface area contributed by atoms with Crippen LogP contribution in [0.25, 0.3) is 0 Å². The highest BCUT2D eigenvalue weighted by atomic mass is 15.9. The summed E-state index contributed by atoms with van der Waals surface area (Å²) in [6.07, 6.45) is 1.91. The number of piperidine rings is 1. The molecule has 1 saturated heterocycles. The lowest BCUT2D eigenvalue weighted by Crippen LogP contribution is -2.63. The van der Waals surface area contributed by atoms with Crippen molar-refractivity contribution >= 4 is 11.5 Å². The second-order valence-corrected chi connectivity index (χ2v) is 7.61. The van der Waals surface area contributed by atoms with Crippen LogP contribution < -0.4 is 15.9 Å². The molecular formula is C17H24N6. The number of hydrogen-bond donors (Lipinski definition) is 2. The maximum Gasteiger partial charge on any atom is 0.249 e. The maximum absolute atomic E-state index is 9.42. The van der Waals surface area contributed by atoms with Gasteiger partial charge in [-0.25, -0.2) is 10.1 Å². The zero-order valence-electron chi connectivity index (χ0n) is 14.2. The van der Waals surface area contributed by atoms with Gasteiger partial charge in [0.15, 0.2) is 0 Å². The number of nitrogens with one attached hydrogen (secondary N) is 2. The summed E-state index contributed by atoms with van der Waals surface area (Å²) < 4.78 is 0. The van der Waals surface area contributed by atoms with Gasteiger partial charge in [-0.1, -0.05) is 18.2 Å². The van der Waals surface area contributed by atoms with Crippen molar-refractivity contribution in [3.8, 4) is 6.07 Å². The topological polar surface area (TPSA) is 66.7 Å². The van der Waals surface area contributed by atoms with E-state index in [2.05, 4.69) is 49.7 Å². The summed E-state index contributed by atoms with van der Waals surface area (Å²) >= 11 is 0. The van der Waals surface area contributed by atoms with Crippen molar-refractivity contribution in [2.24, 2.45) is 5.10 Å². The van der Waals surface area contributed by atoms with E-state index in [1.165, 1.54) is 0 Å². The molecule has 2 heterocycles. The number of amidine groups is 1. The van der Waals surface area contributed by atoms with Crippen molar-refractivity contribution in [3.05, 3.63) is 30.3 Å². The highest BCUT2D eigenvalue weighted by Crippen LogP contribution is 2.32. The van der Waals surface area contributed by atoms with E-state index >= 15 is 0 Å². The number of benzene rings is 1. The minimum absolute atomic E-state index is 0.0244. The number of rotatable bonds is 2. The van der Waals surface area contributed by atoms with Gasteiger partial charge in [-0.05, 0) is 52.7 Å². The van der Waals surface area contributed by atoms with Crippen LogP contribution in [0, 0.1) is 11.3 Å². The Morgan fingerprint density at radius 3 is 2.30 bits per heavy atom. The summed E-state index contributed by atoms with van der Waals surface area (Å²) in [5.41, 5.74) is 4.22. The van der Waals surface area contributed by atoms with Crippen LogP contribution in [0.5, 0.6) is 0 Å². The van der Waals surface area contributed by atoms with Crippen molar-refractivity contribution in [2.45, 2.75) is 57.7 Å². The van der Waals surface area contributed by atoms with E-state index in [9.17, 15) is 5.26 Å². The third-order valence-corrected chi connectivity index (χ3v) is 4.25. The minimum Gasteiger partial charge on any atom is -0.307 e. The molecule has 0 saturated carbocycles. The predicted octanol–water partition coefficient (Wildman–Crippen LogP) is 2.37. The van der Waals surface area contributed by atoms with Crippen molar-refractivity contribution in [1.29, 1.82) is 5.26 Å². The summed E-state index contributed by atoms with van der Waals surface area (Å²) in [6.45, 7) is 8.84. The lowest BCUT2D eigenvalue weighted by atomic mass is 9.80. The minimum atomic E-state index is 0.0244. The van der Waals surface area contributed by atoms with E-state index in [1.54, 1.807) is 5.01 Å². The first kappa shape index (κ1) is 15.8. The molecule has 2 N–H and O–H groups in total. The van der Waals surface area contributed by atoms with Gasteiger partial charge in [0.05, 0.1) is 11.7 Å². The molecule has 0 unspecified atom stereocenters. The average Bonchev–Trinajstić information content (AvgIpc) is 2.89. The Morgan fingerprint density at radius 1 is 1.13 bits per heavy atom. The standard InChI is InChI=1S/C17H24N6/c1-16(2)10-14(11-17(3,4)20-16)23-19-15(12-18)22(21-23)13-8-6-5-7-9-13/h5-9,14,20-21H,10-11H2,1-4H3. The Hall–Kier alpha value is -2.10. The third kappa shape index (κ3) is 3.31. The summed E-state index contributed by atoms with van der Waals surface area (Å²) in [6, 6.07) is 12.2. The summed E-state index contributed by atoms with van der Waals surface area (Å²) in [4.78, 5) is 0. The van der Waals surface area contributed by atoms with Crippen LogP contribution in [0.2, 0.25) is 0 Å². The van der Waals surface area contributed by atoms with Crippen LogP contribution in [0.15, 0.2) is 35.4 Å². The number of nitrogens with zero attached hydrogens (tertiary/aromatic N) is 4. The van der Waals surface area contributed by atoms with E-state index < -0.39 is 0 Å². The second-order valence-electron chi connectivity index (χ2n) is 7.61. The molecule has 23 heavy (non-hydrogen) atoms. The monoisotopic (exact) mass is 312 g/mol. The molecule has 1 aromatic carbocycles. The number of nitriles is 1. The first-order chi connectivity index (χ1) is 10.8. The van der Waals surface area contributed by atoms with Crippen molar-refractivity contribution in [1.82, 2.24) is 16.0 Å². The molecule has 3 rings (SSSR count). The third-order valence-electron chi connectivity index (χ3n) is 4.25. The molecule has 6 heteroatoms. The number of hydrazone groups is 1. The Morgan fingerprint density at radius 2 is 1.74 bits per heavy atom. The second kappa shape index (κ2) is 5.52. The molecule has 122 valence electrons. The number of hydrazine groups is 2. The highest BCUT2D eigenvalue weighted by Gasteiger charge is 2.42. The molecule has 0 amide bonds. The van der Waals surface area contributed by atoms with Gasteiger partial charge in [0.25, 0.3) is 0 Å². The van der Waals surface area contributed by atoms with Crippen LogP contribution in [0.1, 0.15) is 40.5 Å². The summed E-state index contributed by atoms with van der Waals surface area (Å²) in [5, 5.41) is 21.2. The molecule has 0 aromatic heterocycles. The van der Waals surface area contributed by atoms with E-state index in [0.717, 1.165) is 18.5 Å². The smallest absolute Gasteiger partial charge is 0.249 e. The van der Waals surface area contributed by atoms with Gasteiger partial charge >= 0.3 is 0 Å². The van der Waals surface area contributed by atoms with Crippen molar-refractivity contribution in [3.63, 3.8) is 0 Å². The Kier molecular flexibility index (Phi) is 3.78. The molecule has 2 aliphatic rings. The van der Waals surface area contributed by atoms with Gasteiger partial charge in [-0.2, -0.15) is 5.26 Å². The molecule has 0 radical (unpaired) electrons. The molecule has 0 bridgehead atoms. The fourth-order valence-corrected chi connectivity index (χ4v) is 3.75. The first-order valence-electron chi connectivity index (χ1n) is 7.98. The van der Waals surface area contributed by atoms with E-state index in [4.69, 9.17) is 0 Å². The van der Waals surface area contributed by atoms with Crippen LogP contribution >= 0.6 is 0 Å². The van der Waals surface area contributed by atoms with E-state index in [-0.39, 0.29) is 17.1 Å².